The lowest BCUT2D eigenvalue weighted by Crippen LogP contribution is -2.21. The Morgan fingerprint density at radius 2 is 2.00 bits per heavy atom. The summed E-state index contributed by atoms with van der Waals surface area (Å²) < 4.78 is 1.17. The number of rotatable bonds is 5. The molecule has 0 aliphatic heterocycles. The number of benzene rings is 1. The molecule has 0 unspecified atom stereocenters. The lowest BCUT2D eigenvalue weighted by atomic mass is 10.2. The smallest absolute Gasteiger partial charge is 0.291 e. The standard InChI is InChI=1S/C15H14Cl3N3O/c16-11-7-10(21-15(22)14(18)12(17)8-20-21)3-4-13(11)19-6-5-9-1-2-9/h3-4,7-9,19H,1-2,5-6H2. The van der Waals surface area contributed by atoms with Gasteiger partial charge in [-0.05, 0) is 30.5 Å². The molecule has 2 aromatic rings. The summed E-state index contributed by atoms with van der Waals surface area (Å²) in [6.07, 6.45) is 5.16. The molecule has 116 valence electrons. The summed E-state index contributed by atoms with van der Waals surface area (Å²) in [6, 6.07) is 5.28. The zero-order valence-corrected chi connectivity index (χ0v) is 13.9. The number of aromatic nitrogens is 2. The maximum absolute atomic E-state index is 12.1. The quantitative estimate of drug-likeness (QED) is 0.861. The second-order valence-corrected chi connectivity index (χ2v) is 6.54. The summed E-state index contributed by atoms with van der Waals surface area (Å²) in [7, 11) is 0. The number of halogens is 3. The Bertz CT molecular complexity index is 756. The van der Waals surface area contributed by atoms with Crippen LogP contribution in [0.3, 0.4) is 0 Å². The number of hydrogen-bond acceptors (Lipinski definition) is 3. The van der Waals surface area contributed by atoms with Crippen LogP contribution in [0.1, 0.15) is 19.3 Å². The third-order valence-corrected chi connectivity index (χ3v) is 4.70. The molecule has 0 amide bonds. The van der Waals surface area contributed by atoms with Crippen molar-refractivity contribution in [1.29, 1.82) is 0 Å². The van der Waals surface area contributed by atoms with Crippen LogP contribution >= 0.6 is 34.8 Å². The monoisotopic (exact) mass is 357 g/mol. The van der Waals surface area contributed by atoms with Gasteiger partial charge in [0.25, 0.3) is 5.56 Å². The Kier molecular flexibility index (Phi) is 4.62. The van der Waals surface area contributed by atoms with Gasteiger partial charge in [-0.2, -0.15) is 9.78 Å². The van der Waals surface area contributed by atoms with Gasteiger partial charge in [0.15, 0.2) is 0 Å². The molecule has 0 atom stereocenters. The van der Waals surface area contributed by atoms with Crippen LogP contribution in [0.5, 0.6) is 0 Å². The normalized spacial score (nSPS) is 14.1. The van der Waals surface area contributed by atoms with Gasteiger partial charge in [-0.15, -0.1) is 0 Å². The van der Waals surface area contributed by atoms with Crippen molar-refractivity contribution in [3.63, 3.8) is 0 Å². The second kappa shape index (κ2) is 6.49. The average molecular weight is 359 g/mol. The molecule has 0 bridgehead atoms. The van der Waals surface area contributed by atoms with Crippen LogP contribution in [0, 0.1) is 5.92 Å². The molecule has 1 saturated carbocycles. The fraction of sp³-hybridized carbons (Fsp3) is 0.333. The van der Waals surface area contributed by atoms with Crippen molar-refractivity contribution in [2.75, 3.05) is 11.9 Å². The molecule has 1 aromatic carbocycles. The molecule has 1 fully saturated rings. The van der Waals surface area contributed by atoms with E-state index in [9.17, 15) is 4.79 Å². The number of anilines is 1. The van der Waals surface area contributed by atoms with E-state index in [1.807, 2.05) is 6.07 Å². The Morgan fingerprint density at radius 1 is 1.23 bits per heavy atom. The van der Waals surface area contributed by atoms with E-state index in [2.05, 4.69) is 10.4 Å². The fourth-order valence-corrected chi connectivity index (χ4v) is 2.69. The molecule has 1 aliphatic rings. The summed E-state index contributed by atoms with van der Waals surface area (Å²) in [6.45, 7) is 0.898. The van der Waals surface area contributed by atoms with Crippen LogP contribution in [0.4, 0.5) is 5.69 Å². The van der Waals surface area contributed by atoms with Gasteiger partial charge in [-0.25, -0.2) is 0 Å². The maximum Gasteiger partial charge on any atom is 0.291 e. The van der Waals surface area contributed by atoms with E-state index < -0.39 is 5.56 Å². The minimum Gasteiger partial charge on any atom is -0.384 e. The molecule has 1 N–H and O–H groups in total. The number of nitrogens with zero attached hydrogens (tertiary/aromatic N) is 2. The molecule has 22 heavy (non-hydrogen) atoms. The van der Waals surface area contributed by atoms with Gasteiger partial charge in [0.05, 0.1) is 27.6 Å². The summed E-state index contributed by atoms with van der Waals surface area (Å²) >= 11 is 17.9. The highest BCUT2D eigenvalue weighted by molar-refractivity contribution is 6.41. The predicted molar refractivity (Wildman–Crippen MR) is 90.7 cm³/mol. The van der Waals surface area contributed by atoms with Crippen LogP contribution in [0.2, 0.25) is 15.1 Å². The summed E-state index contributed by atoms with van der Waals surface area (Å²) in [5.41, 5.74) is 0.917. The van der Waals surface area contributed by atoms with Gasteiger partial charge in [-0.1, -0.05) is 47.6 Å². The molecule has 1 aromatic heterocycles. The van der Waals surface area contributed by atoms with Crippen molar-refractivity contribution in [3.8, 4) is 5.69 Å². The lowest BCUT2D eigenvalue weighted by molar-refractivity contribution is 0.760. The summed E-state index contributed by atoms with van der Waals surface area (Å²) in [5.74, 6) is 0.865. The average Bonchev–Trinajstić information content (AvgIpc) is 3.31. The zero-order valence-electron chi connectivity index (χ0n) is 11.7. The first-order valence-corrected chi connectivity index (χ1v) is 8.17. The Hall–Kier alpha value is -1.23. The fourth-order valence-electron chi connectivity index (χ4n) is 2.19. The van der Waals surface area contributed by atoms with Crippen LogP contribution in [0.15, 0.2) is 29.2 Å². The van der Waals surface area contributed by atoms with Crippen LogP contribution in [-0.2, 0) is 0 Å². The molecule has 0 spiro atoms. The Labute approximate surface area is 143 Å². The van der Waals surface area contributed by atoms with Crippen molar-refractivity contribution < 1.29 is 0 Å². The minimum absolute atomic E-state index is 0.0561. The maximum atomic E-state index is 12.1. The highest BCUT2D eigenvalue weighted by Crippen LogP contribution is 2.32. The molecular weight excluding hydrogens is 345 g/mol. The van der Waals surface area contributed by atoms with E-state index in [0.717, 1.165) is 24.6 Å². The molecule has 7 heteroatoms. The van der Waals surface area contributed by atoms with Crippen LogP contribution in [-0.4, -0.2) is 16.3 Å². The Balaban J connectivity index is 1.81. The molecule has 0 saturated heterocycles. The van der Waals surface area contributed by atoms with Gasteiger partial charge >= 0.3 is 0 Å². The van der Waals surface area contributed by atoms with E-state index in [1.54, 1.807) is 12.1 Å². The van der Waals surface area contributed by atoms with Crippen molar-refractivity contribution in [1.82, 2.24) is 9.78 Å². The highest BCUT2D eigenvalue weighted by atomic mass is 35.5. The molecule has 1 heterocycles. The number of nitrogens with one attached hydrogen (secondary N) is 1. The summed E-state index contributed by atoms with van der Waals surface area (Å²) in [4.78, 5) is 12.1. The number of hydrogen-bond donors (Lipinski definition) is 1. The zero-order chi connectivity index (χ0) is 15.7. The topological polar surface area (TPSA) is 46.9 Å². The third-order valence-electron chi connectivity index (χ3n) is 3.64. The van der Waals surface area contributed by atoms with Crippen LogP contribution < -0.4 is 10.9 Å². The third kappa shape index (κ3) is 3.40. The predicted octanol–water partition coefficient (Wildman–Crippen LogP) is 4.40. The highest BCUT2D eigenvalue weighted by Gasteiger charge is 2.20. The molecule has 4 nitrogen and oxygen atoms in total. The van der Waals surface area contributed by atoms with Gasteiger partial charge in [0.1, 0.15) is 5.02 Å². The van der Waals surface area contributed by atoms with E-state index >= 15 is 0 Å². The molecule has 0 radical (unpaired) electrons. The van der Waals surface area contributed by atoms with Gasteiger partial charge in [0, 0.05) is 6.54 Å². The first-order chi connectivity index (χ1) is 10.6. The largest absolute Gasteiger partial charge is 0.384 e. The molecule has 3 rings (SSSR count). The van der Waals surface area contributed by atoms with E-state index in [1.165, 1.54) is 23.7 Å². The Morgan fingerprint density at radius 3 is 2.68 bits per heavy atom. The van der Waals surface area contributed by atoms with Gasteiger partial charge in [-0.3, -0.25) is 4.79 Å². The molecule has 1 aliphatic carbocycles. The SMILES string of the molecule is O=c1c(Cl)c(Cl)cnn1-c1ccc(NCCC2CC2)c(Cl)c1. The minimum atomic E-state index is -0.473. The molecular formula is C15H14Cl3N3O. The van der Waals surface area contributed by atoms with Gasteiger partial charge in [0.2, 0.25) is 0 Å². The first-order valence-electron chi connectivity index (χ1n) is 7.03. The van der Waals surface area contributed by atoms with Crippen molar-refractivity contribution >= 4 is 40.5 Å². The van der Waals surface area contributed by atoms with Crippen molar-refractivity contribution in [3.05, 3.63) is 49.8 Å². The van der Waals surface area contributed by atoms with E-state index in [0.29, 0.717) is 10.7 Å². The summed E-state index contributed by atoms with van der Waals surface area (Å²) in [5, 5.41) is 7.90. The van der Waals surface area contributed by atoms with Gasteiger partial charge < -0.3 is 5.32 Å². The van der Waals surface area contributed by atoms with Crippen molar-refractivity contribution in [2.24, 2.45) is 5.92 Å². The van der Waals surface area contributed by atoms with E-state index in [4.69, 9.17) is 34.8 Å². The lowest BCUT2D eigenvalue weighted by Gasteiger charge is -2.11. The van der Waals surface area contributed by atoms with Crippen LogP contribution in [0.25, 0.3) is 5.69 Å². The first kappa shape index (κ1) is 15.7. The van der Waals surface area contributed by atoms with E-state index in [-0.39, 0.29) is 10.0 Å². The van der Waals surface area contributed by atoms with Crippen molar-refractivity contribution in [2.45, 2.75) is 19.3 Å². The second-order valence-electron chi connectivity index (χ2n) is 5.35.